The maximum atomic E-state index is 12.4. The number of nitrogens with zero attached hydrogens (tertiary/aromatic N) is 3. The summed E-state index contributed by atoms with van der Waals surface area (Å²) in [6.45, 7) is 0.499. The Kier molecular flexibility index (Phi) is 6.31. The standard InChI is InChI=1S/C21H20F3N3O2/c1-15(20-8-7-19(13-25-20)29-14-21(22,23)24)11-18(28)12-16-3-5-17(6-4-16)27-10-2-9-26-27/h2-10,13,15H,11-12,14H2,1H3/t15-/m0/s1. The van der Waals surface area contributed by atoms with Gasteiger partial charge in [0.1, 0.15) is 11.5 Å². The third-order valence-electron chi connectivity index (χ3n) is 4.31. The van der Waals surface area contributed by atoms with Gasteiger partial charge in [0.15, 0.2) is 6.61 Å². The molecule has 0 fully saturated rings. The molecule has 0 spiro atoms. The zero-order valence-corrected chi connectivity index (χ0v) is 15.8. The van der Waals surface area contributed by atoms with Crippen LogP contribution in [0.1, 0.15) is 30.5 Å². The van der Waals surface area contributed by atoms with Crippen LogP contribution in [0.3, 0.4) is 0 Å². The topological polar surface area (TPSA) is 57.0 Å². The minimum atomic E-state index is -4.39. The molecule has 3 rings (SSSR count). The van der Waals surface area contributed by atoms with Crippen molar-refractivity contribution in [3.8, 4) is 11.4 Å². The lowest BCUT2D eigenvalue weighted by Gasteiger charge is -2.12. The second kappa shape index (κ2) is 8.89. The van der Waals surface area contributed by atoms with E-state index in [0.717, 1.165) is 11.3 Å². The van der Waals surface area contributed by atoms with Crippen molar-refractivity contribution in [3.05, 3.63) is 72.3 Å². The zero-order valence-electron chi connectivity index (χ0n) is 15.8. The highest BCUT2D eigenvalue weighted by Crippen LogP contribution is 2.22. The van der Waals surface area contributed by atoms with Crippen molar-refractivity contribution in [2.24, 2.45) is 0 Å². The fraction of sp³-hybridized carbons (Fsp3) is 0.286. The molecule has 0 aliphatic heterocycles. The van der Waals surface area contributed by atoms with Crippen molar-refractivity contribution in [2.45, 2.75) is 31.9 Å². The summed E-state index contributed by atoms with van der Waals surface area (Å²) in [6.07, 6.45) is 0.980. The number of hydrogen-bond donors (Lipinski definition) is 0. The predicted molar refractivity (Wildman–Crippen MR) is 101 cm³/mol. The number of Topliss-reactive ketones (excluding diaryl/α,β-unsaturated/α-hetero) is 1. The van der Waals surface area contributed by atoms with Gasteiger partial charge in [-0.05, 0) is 35.9 Å². The predicted octanol–water partition coefficient (Wildman–Crippen LogP) is 4.51. The summed E-state index contributed by atoms with van der Waals surface area (Å²) in [5, 5.41) is 4.16. The number of ketones is 1. The van der Waals surface area contributed by atoms with Gasteiger partial charge in [0.05, 0.1) is 11.9 Å². The van der Waals surface area contributed by atoms with Crippen LogP contribution in [0.2, 0.25) is 0 Å². The van der Waals surface area contributed by atoms with E-state index in [4.69, 9.17) is 0 Å². The van der Waals surface area contributed by atoms with Crippen molar-refractivity contribution in [1.29, 1.82) is 0 Å². The quantitative estimate of drug-likeness (QED) is 0.555. The molecule has 0 bridgehead atoms. The number of alkyl halides is 3. The number of benzene rings is 1. The summed E-state index contributed by atoms with van der Waals surface area (Å²) in [5.41, 5.74) is 2.45. The molecule has 5 nitrogen and oxygen atoms in total. The lowest BCUT2D eigenvalue weighted by molar-refractivity contribution is -0.153. The summed E-state index contributed by atoms with van der Waals surface area (Å²) in [4.78, 5) is 16.5. The van der Waals surface area contributed by atoms with Crippen molar-refractivity contribution in [2.75, 3.05) is 6.61 Å². The normalized spacial score (nSPS) is 12.6. The van der Waals surface area contributed by atoms with Crippen molar-refractivity contribution in [3.63, 3.8) is 0 Å². The third-order valence-corrected chi connectivity index (χ3v) is 4.31. The van der Waals surface area contributed by atoms with Gasteiger partial charge < -0.3 is 4.74 Å². The van der Waals surface area contributed by atoms with E-state index in [0.29, 0.717) is 12.1 Å². The van der Waals surface area contributed by atoms with E-state index >= 15 is 0 Å². The van der Waals surface area contributed by atoms with Crippen LogP contribution in [0.4, 0.5) is 13.2 Å². The Bertz CT molecular complexity index is 921. The fourth-order valence-electron chi connectivity index (χ4n) is 2.87. The molecule has 0 amide bonds. The van der Waals surface area contributed by atoms with Crippen LogP contribution < -0.4 is 4.74 Å². The van der Waals surface area contributed by atoms with Crippen LogP contribution in [0, 0.1) is 0 Å². The van der Waals surface area contributed by atoms with Gasteiger partial charge in [0, 0.05) is 36.8 Å². The Labute approximate surface area is 166 Å². The summed E-state index contributed by atoms with van der Waals surface area (Å²) >= 11 is 0. The van der Waals surface area contributed by atoms with Crippen LogP contribution in [0.15, 0.2) is 61.1 Å². The number of ether oxygens (including phenoxy) is 1. The Morgan fingerprint density at radius 2 is 1.93 bits per heavy atom. The van der Waals surface area contributed by atoms with E-state index < -0.39 is 12.8 Å². The molecule has 0 unspecified atom stereocenters. The lowest BCUT2D eigenvalue weighted by Crippen LogP contribution is -2.19. The first-order valence-electron chi connectivity index (χ1n) is 9.06. The lowest BCUT2D eigenvalue weighted by atomic mass is 9.97. The maximum absolute atomic E-state index is 12.4. The number of hydrogen-bond acceptors (Lipinski definition) is 4. The molecule has 3 aromatic rings. The molecule has 29 heavy (non-hydrogen) atoms. The number of aromatic nitrogens is 3. The van der Waals surface area contributed by atoms with E-state index in [-0.39, 0.29) is 23.9 Å². The molecule has 8 heteroatoms. The average molecular weight is 403 g/mol. The van der Waals surface area contributed by atoms with Gasteiger partial charge in [0.25, 0.3) is 0 Å². The molecule has 1 aromatic carbocycles. The largest absolute Gasteiger partial charge is 0.483 e. The first-order chi connectivity index (χ1) is 13.8. The van der Waals surface area contributed by atoms with Crippen LogP contribution >= 0.6 is 0 Å². The van der Waals surface area contributed by atoms with E-state index in [2.05, 4.69) is 14.8 Å². The molecule has 0 aliphatic rings. The van der Waals surface area contributed by atoms with E-state index in [1.54, 1.807) is 16.9 Å². The molecule has 0 saturated carbocycles. The Morgan fingerprint density at radius 1 is 1.17 bits per heavy atom. The Hall–Kier alpha value is -3.16. The molecule has 2 heterocycles. The molecular formula is C21H20F3N3O2. The number of halogens is 3. The third kappa shape index (κ3) is 6.17. The van der Waals surface area contributed by atoms with Crippen LogP contribution in [-0.4, -0.2) is 33.3 Å². The second-order valence-electron chi connectivity index (χ2n) is 6.76. The van der Waals surface area contributed by atoms with E-state index in [1.165, 1.54) is 12.3 Å². The highest BCUT2D eigenvalue weighted by Gasteiger charge is 2.28. The first-order valence-corrected chi connectivity index (χ1v) is 9.06. The highest BCUT2D eigenvalue weighted by atomic mass is 19.4. The number of carbonyl (C=O) groups is 1. The van der Waals surface area contributed by atoms with Gasteiger partial charge in [-0.25, -0.2) is 4.68 Å². The fourth-order valence-corrected chi connectivity index (χ4v) is 2.87. The molecule has 0 radical (unpaired) electrons. The van der Waals surface area contributed by atoms with Crippen molar-refractivity contribution >= 4 is 5.78 Å². The SMILES string of the molecule is C[C@@H](CC(=O)Cc1ccc(-n2cccn2)cc1)c1ccc(OCC(F)(F)F)cn1. The van der Waals surface area contributed by atoms with Gasteiger partial charge in [-0.1, -0.05) is 19.1 Å². The summed E-state index contributed by atoms with van der Waals surface area (Å²) in [5.74, 6) is -0.0482. The van der Waals surface area contributed by atoms with Gasteiger partial charge in [-0.3, -0.25) is 9.78 Å². The molecule has 152 valence electrons. The highest BCUT2D eigenvalue weighted by molar-refractivity contribution is 5.81. The first kappa shape index (κ1) is 20.6. The monoisotopic (exact) mass is 403 g/mol. The number of rotatable bonds is 8. The number of pyridine rings is 1. The maximum Gasteiger partial charge on any atom is 0.422 e. The summed E-state index contributed by atoms with van der Waals surface area (Å²) < 4.78 is 42.9. The minimum Gasteiger partial charge on any atom is -0.483 e. The summed E-state index contributed by atoms with van der Waals surface area (Å²) in [7, 11) is 0. The molecule has 1 atom stereocenters. The molecule has 0 aliphatic carbocycles. The Morgan fingerprint density at radius 3 is 2.52 bits per heavy atom. The molecule has 2 aromatic heterocycles. The Balaban J connectivity index is 1.52. The molecule has 0 N–H and O–H groups in total. The zero-order chi connectivity index (χ0) is 20.9. The van der Waals surface area contributed by atoms with Crippen LogP contribution in [0.25, 0.3) is 5.69 Å². The van der Waals surface area contributed by atoms with Gasteiger partial charge >= 0.3 is 6.18 Å². The number of carbonyl (C=O) groups excluding carboxylic acids is 1. The molecular weight excluding hydrogens is 383 g/mol. The average Bonchev–Trinajstić information content (AvgIpc) is 3.21. The van der Waals surface area contributed by atoms with E-state index in [1.807, 2.05) is 43.5 Å². The van der Waals surface area contributed by atoms with Crippen LogP contribution in [0.5, 0.6) is 5.75 Å². The minimum absolute atomic E-state index is 0.0434. The van der Waals surface area contributed by atoms with Crippen molar-refractivity contribution < 1.29 is 22.7 Å². The van der Waals surface area contributed by atoms with E-state index in [9.17, 15) is 18.0 Å². The second-order valence-corrected chi connectivity index (χ2v) is 6.76. The van der Waals surface area contributed by atoms with Gasteiger partial charge in [0.2, 0.25) is 0 Å². The summed E-state index contributed by atoms with van der Waals surface area (Å²) in [6, 6.07) is 12.4. The van der Waals surface area contributed by atoms with Gasteiger partial charge in [-0.2, -0.15) is 18.3 Å². The van der Waals surface area contributed by atoms with Crippen LogP contribution in [-0.2, 0) is 11.2 Å². The molecule has 0 saturated heterocycles. The van der Waals surface area contributed by atoms with Crippen molar-refractivity contribution in [1.82, 2.24) is 14.8 Å². The smallest absolute Gasteiger partial charge is 0.422 e. The van der Waals surface area contributed by atoms with Gasteiger partial charge in [-0.15, -0.1) is 0 Å².